The Bertz CT molecular complexity index is 1410. The van der Waals surface area contributed by atoms with Crippen molar-refractivity contribution in [1.82, 2.24) is 9.88 Å². The van der Waals surface area contributed by atoms with Gasteiger partial charge >= 0.3 is 5.97 Å². The number of carboxylic acid groups (broad SMARTS) is 1. The quantitative estimate of drug-likeness (QED) is 0.236. The lowest BCUT2D eigenvalue weighted by atomic mass is 9.82. The van der Waals surface area contributed by atoms with Crippen molar-refractivity contribution in [2.24, 2.45) is 5.41 Å². The zero-order valence-electron chi connectivity index (χ0n) is 26.8. The minimum atomic E-state index is -0.871. The monoisotopic (exact) mass is 619 g/mol. The number of ether oxygens (including phenoxy) is 3. The van der Waals surface area contributed by atoms with Gasteiger partial charge in [0.05, 0.1) is 50.8 Å². The second-order valence-corrected chi connectivity index (χ2v) is 12.8. The molecule has 2 fully saturated rings. The van der Waals surface area contributed by atoms with E-state index in [0.717, 1.165) is 104 Å². The van der Waals surface area contributed by atoms with Gasteiger partial charge in [-0.2, -0.15) is 0 Å². The van der Waals surface area contributed by atoms with Crippen LogP contribution in [0.1, 0.15) is 49.2 Å². The zero-order chi connectivity index (χ0) is 31.8. The Hall–Kier alpha value is -3.53. The second kappa shape index (κ2) is 15.2. The zero-order valence-corrected chi connectivity index (χ0v) is 26.8. The van der Waals surface area contributed by atoms with Crippen molar-refractivity contribution in [1.29, 1.82) is 0 Å². The van der Waals surface area contributed by atoms with Crippen molar-refractivity contribution < 1.29 is 28.5 Å². The van der Waals surface area contributed by atoms with E-state index in [2.05, 4.69) is 23.6 Å². The number of piperidine rings is 1. The van der Waals surface area contributed by atoms with E-state index < -0.39 is 5.97 Å². The van der Waals surface area contributed by atoms with Gasteiger partial charge in [0, 0.05) is 56.0 Å². The molecule has 2 aliphatic rings. The number of hydrogen-bond acceptors (Lipinski definition) is 7. The number of morpholine rings is 1. The van der Waals surface area contributed by atoms with Crippen molar-refractivity contribution >= 4 is 11.7 Å². The Kier molecular flexibility index (Phi) is 11.1. The van der Waals surface area contributed by atoms with Crippen LogP contribution in [0.25, 0.3) is 11.1 Å². The normalized spacial score (nSPS) is 16.9. The summed E-state index contributed by atoms with van der Waals surface area (Å²) in [5, 5.41) is 9.92. The van der Waals surface area contributed by atoms with E-state index in [1.807, 2.05) is 31.2 Å². The number of benzene rings is 2. The molecule has 8 nitrogen and oxygen atoms in total. The molecular formula is C36H46FN3O5. The molecule has 3 heterocycles. The lowest BCUT2D eigenvalue weighted by molar-refractivity contribution is -0.136. The Balaban J connectivity index is 1.42. The average Bonchev–Trinajstić information content (AvgIpc) is 3.02. The first kappa shape index (κ1) is 32.9. The molecule has 2 saturated heterocycles. The van der Waals surface area contributed by atoms with E-state index in [9.17, 15) is 14.3 Å². The summed E-state index contributed by atoms with van der Waals surface area (Å²) < 4.78 is 31.0. The maximum atomic E-state index is 13.3. The number of aliphatic carboxylic acids is 1. The number of carboxylic acids is 1. The summed E-state index contributed by atoms with van der Waals surface area (Å²) in [6.07, 6.45) is 2.62. The number of nitrogens with zero attached hydrogens (tertiary/aromatic N) is 3. The maximum absolute atomic E-state index is 13.3. The summed E-state index contributed by atoms with van der Waals surface area (Å²) in [7, 11) is 0. The molecule has 3 aromatic rings. The Morgan fingerprint density at radius 1 is 1.00 bits per heavy atom. The third kappa shape index (κ3) is 9.02. The Morgan fingerprint density at radius 2 is 1.69 bits per heavy atom. The summed E-state index contributed by atoms with van der Waals surface area (Å²) >= 11 is 0. The molecule has 0 atom stereocenters. The summed E-state index contributed by atoms with van der Waals surface area (Å²) in [6, 6.07) is 14.4. The number of anilines is 1. The van der Waals surface area contributed by atoms with E-state index in [0.29, 0.717) is 26.2 Å². The van der Waals surface area contributed by atoms with Gasteiger partial charge in [0.15, 0.2) is 0 Å². The van der Waals surface area contributed by atoms with Crippen LogP contribution < -0.4 is 9.64 Å². The molecule has 0 bridgehead atoms. The molecule has 0 amide bonds. The highest BCUT2D eigenvalue weighted by atomic mass is 19.1. The third-order valence-electron chi connectivity index (χ3n) is 8.92. The van der Waals surface area contributed by atoms with Crippen LogP contribution in [-0.4, -0.2) is 80.1 Å². The Morgan fingerprint density at radius 3 is 2.36 bits per heavy atom. The van der Waals surface area contributed by atoms with Gasteiger partial charge in [-0.25, -0.2) is 4.39 Å². The minimum Gasteiger partial charge on any atom is -0.493 e. The van der Waals surface area contributed by atoms with E-state index in [-0.39, 0.29) is 17.7 Å². The van der Waals surface area contributed by atoms with Gasteiger partial charge in [-0.05, 0) is 60.6 Å². The van der Waals surface area contributed by atoms with Crippen molar-refractivity contribution in [2.45, 2.75) is 53.1 Å². The fourth-order valence-electron chi connectivity index (χ4n) is 6.08. The number of aryl methyl sites for hydroxylation is 1. The molecule has 2 aromatic carbocycles. The van der Waals surface area contributed by atoms with Crippen LogP contribution in [0.4, 0.5) is 10.1 Å². The first-order chi connectivity index (χ1) is 21.7. The van der Waals surface area contributed by atoms with E-state index in [1.165, 1.54) is 12.1 Å². The molecule has 0 radical (unpaired) electrons. The number of aromatic nitrogens is 1. The van der Waals surface area contributed by atoms with E-state index in [1.54, 1.807) is 12.1 Å². The molecule has 0 spiro atoms. The van der Waals surface area contributed by atoms with Crippen LogP contribution in [0.3, 0.4) is 0 Å². The molecular weight excluding hydrogens is 573 g/mol. The van der Waals surface area contributed by atoms with Gasteiger partial charge < -0.3 is 24.2 Å². The molecule has 0 saturated carbocycles. The Labute approximate surface area is 266 Å². The molecule has 2 aliphatic heterocycles. The van der Waals surface area contributed by atoms with Crippen LogP contribution in [0, 0.1) is 18.2 Å². The van der Waals surface area contributed by atoms with E-state index >= 15 is 0 Å². The first-order valence-electron chi connectivity index (χ1n) is 16.0. The highest BCUT2D eigenvalue weighted by Crippen LogP contribution is 2.42. The fourth-order valence-corrected chi connectivity index (χ4v) is 6.08. The second-order valence-electron chi connectivity index (χ2n) is 12.8. The van der Waals surface area contributed by atoms with Crippen molar-refractivity contribution in [2.75, 3.05) is 64.1 Å². The summed E-state index contributed by atoms with van der Waals surface area (Å²) in [4.78, 5) is 21.8. The molecule has 1 aromatic heterocycles. The van der Waals surface area contributed by atoms with Crippen molar-refractivity contribution in [3.8, 4) is 16.9 Å². The van der Waals surface area contributed by atoms with Gasteiger partial charge in [0.25, 0.3) is 0 Å². The van der Waals surface area contributed by atoms with Gasteiger partial charge in [-0.3, -0.25) is 14.7 Å². The van der Waals surface area contributed by atoms with Gasteiger partial charge in [0.2, 0.25) is 0 Å². The van der Waals surface area contributed by atoms with Gasteiger partial charge in [-0.1, -0.05) is 38.1 Å². The predicted octanol–water partition coefficient (Wildman–Crippen LogP) is 5.92. The highest BCUT2D eigenvalue weighted by Gasteiger charge is 2.31. The standard InChI is InChI=1S/C36H46FN3O5/c1-26-31(24-33(41)42)35(40-15-13-36(2,3)14-16-40)34(32(38-26)25-44-23-19-39-17-21-43-22-18-39)28-6-10-30(11-7-28)45-20-12-27-4-8-29(37)9-5-27/h4-11H,12-25H2,1-3H3,(H,41,42). The molecule has 1 N–H and O–H groups in total. The minimum absolute atomic E-state index is 0.0934. The van der Waals surface area contributed by atoms with Crippen molar-refractivity contribution in [3.63, 3.8) is 0 Å². The number of pyridine rings is 1. The van der Waals surface area contributed by atoms with Crippen LogP contribution >= 0.6 is 0 Å². The van der Waals surface area contributed by atoms with Gasteiger partial charge in [-0.15, -0.1) is 0 Å². The molecule has 9 heteroatoms. The fraction of sp³-hybridized carbons (Fsp3) is 0.500. The van der Waals surface area contributed by atoms with Crippen LogP contribution in [0.5, 0.6) is 5.75 Å². The van der Waals surface area contributed by atoms with E-state index in [4.69, 9.17) is 19.2 Å². The highest BCUT2D eigenvalue weighted by molar-refractivity contribution is 5.86. The predicted molar refractivity (Wildman–Crippen MR) is 173 cm³/mol. The molecule has 45 heavy (non-hydrogen) atoms. The molecule has 0 aliphatic carbocycles. The SMILES string of the molecule is Cc1nc(COCCN2CCOCC2)c(-c2ccc(OCCc3ccc(F)cc3)cc2)c(N2CCC(C)(C)CC2)c1CC(=O)O. The van der Waals surface area contributed by atoms with Crippen LogP contribution in [0.2, 0.25) is 0 Å². The summed E-state index contributed by atoms with van der Waals surface area (Å²) in [5.41, 5.74) is 6.39. The number of halogens is 1. The van der Waals surface area contributed by atoms with Crippen LogP contribution in [-0.2, 0) is 33.7 Å². The number of rotatable bonds is 13. The van der Waals surface area contributed by atoms with Gasteiger partial charge in [0.1, 0.15) is 11.6 Å². The number of carbonyl (C=O) groups is 1. The molecule has 242 valence electrons. The molecule has 0 unspecified atom stereocenters. The average molecular weight is 620 g/mol. The third-order valence-corrected chi connectivity index (χ3v) is 8.92. The lowest BCUT2D eigenvalue weighted by Gasteiger charge is -2.40. The maximum Gasteiger partial charge on any atom is 0.307 e. The van der Waals surface area contributed by atoms with Crippen LogP contribution in [0.15, 0.2) is 48.5 Å². The summed E-state index contributed by atoms with van der Waals surface area (Å²) in [5.74, 6) is -0.387. The smallest absolute Gasteiger partial charge is 0.307 e. The van der Waals surface area contributed by atoms with Crippen molar-refractivity contribution in [3.05, 3.63) is 76.9 Å². The lowest BCUT2D eigenvalue weighted by Crippen LogP contribution is -2.38. The largest absolute Gasteiger partial charge is 0.493 e. The number of hydrogen-bond donors (Lipinski definition) is 1. The molecule has 5 rings (SSSR count). The first-order valence-corrected chi connectivity index (χ1v) is 16.0. The summed E-state index contributed by atoms with van der Waals surface area (Å²) in [6.45, 7) is 13.7. The topological polar surface area (TPSA) is 84.4 Å².